The van der Waals surface area contributed by atoms with Crippen LogP contribution in [0, 0.1) is 5.82 Å². The zero-order chi connectivity index (χ0) is 12.1. The third kappa shape index (κ3) is 3.62. The van der Waals surface area contributed by atoms with Gasteiger partial charge in [0.15, 0.2) is 0 Å². The molecule has 0 saturated carbocycles. The summed E-state index contributed by atoms with van der Waals surface area (Å²) in [4.78, 5) is 0. The summed E-state index contributed by atoms with van der Waals surface area (Å²) in [5.41, 5.74) is 7.52. The van der Waals surface area contributed by atoms with E-state index >= 15 is 0 Å². The van der Waals surface area contributed by atoms with Crippen LogP contribution in [-0.4, -0.2) is 6.04 Å². The lowest BCUT2D eigenvalue weighted by atomic mass is 9.99. The number of rotatable bonds is 5. The van der Waals surface area contributed by atoms with Crippen molar-refractivity contribution >= 4 is 11.6 Å². The topological polar surface area (TPSA) is 26.0 Å². The Morgan fingerprint density at radius 1 is 1.56 bits per heavy atom. The Morgan fingerprint density at radius 3 is 2.81 bits per heavy atom. The Bertz CT molecular complexity index is 356. The first-order chi connectivity index (χ1) is 7.54. The van der Waals surface area contributed by atoms with E-state index in [0.717, 1.165) is 12.0 Å². The SMILES string of the molecule is C=C(CC)CC(N)Cc1c(F)cccc1Cl. The van der Waals surface area contributed by atoms with Gasteiger partial charge in [-0.15, -0.1) is 0 Å². The second kappa shape index (κ2) is 6.02. The molecule has 1 nitrogen and oxygen atoms in total. The Kier molecular flexibility index (Phi) is 4.97. The van der Waals surface area contributed by atoms with E-state index in [1.165, 1.54) is 6.07 Å². The van der Waals surface area contributed by atoms with Gasteiger partial charge in [0, 0.05) is 16.6 Å². The van der Waals surface area contributed by atoms with E-state index in [1.54, 1.807) is 12.1 Å². The second-order valence-electron chi connectivity index (χ2n) is 3.97. The molecule has 1 aromatic rings. The van der Waals surface area contributed by atoms with Crippen molar-refractivity contribution in [2.45, 2.75) is 32.2 Å². The third-order valence-corrected chi connectivity index (χ3v) is 2.93. The third-order valence-electron chi connectivity index (χ3n) is 2.58. The predicted molar refractivity (Wildman–Crippen MR) is 67.1 cm³/mol. The minimum atomic E-state index is -0.287. The number of nitrogens with two attached hydrogens (primary N) is 1. The van der Waals surface area contributed by atoms with Gasteiger partial charge in [0.25, 0.3) is 0 Å². The number of halogens is 2. The lowest BCUT2D eigenvalue weighted by molar-refractivity contribution is 0.581. The van der Waals surface area contributed by atoms with Crippen LogP contribution in [0.4, 0.5) is 4.39 Å². The fourth-order valence-corrected chi connectivity index (χ4v) is 1.82. The molecule has 0 aliphatic carbocycles. The van der Waals surface area contributed by atoms with Gasteiger partial charge >= 0.3 is 0 Å². The van der Waals surface area contributed by atoms with Crippen molar-refractivity contribution in [3.8, 4) is 0 Å². The van der Waals surface area contributed by atoms with Gasteiger partial charge in [-0.1, -0.05) is 36.7 Å². The summed E-state index contributed by atoms with van der Waals surface area (Å²) in [5.74, 6) is -0.287. The fourth-order valence-electron chi connectivity index (χ4n) is 1.58. The highest BCUT2D eigenvalue weighted by Gasteiger charge is 2.12. The molecule has 0 heterocycles. The van der Waals surface area contributed by atoms with Crippen molar-refractivity contribution in [2.24, 2.45) is 5.73 Å². The van der Waals surface area contributed by atoms with Crippen LogP contribution in [0.25, 0.3) is 0 Å². The zero-order valence-electron chi connectivity index (χ0n) is 9.47. The van der Waals surface area contributed by atoms with E-state index in [-0.39, 0.29) is 11.9 Å². The van der Waals surface area contributed by atoms with Crippen LogP contribution >= 0.6 is 11.6 Å². The Morgan fingerprint density at radius 2 is 2.25 bits per heavy atom. The molecule has 0 bridgehead atoms. The van der Waals surface area contributed by atoms with Crippen molar-refractivity contribution < 1.29 is 4.39 Å². The molecule has 0 aliphatic heterocycles. The minimum Gasteiger partial charge on any atom is -0.327 e. The fraction of sp³-hybridized carbons (Fsp3) is 0.385. The molecule has 0 saturated heterocycles. The van der Waals surface area contributed by atoms with Crippen LogP contribution in [0.5, 0.6) is 0 Å². The summed E-state index contributed by atoms with van der Waals surface area (Å²) >= 11 is 5.93. The molecule has 1 atom stereocenters. The molecular weight excluding hydrogens is 225 g/mol. The van der Waals surface area contributed by atoms with Gasteiger partial charge in [0.2, 0.25) is 0 Å². The minimum absolute atomic E-state index is 0.123. The monoisotopic (exact) mass is 241 g/mol. The second-order valence-corrected chi connectivity index (χ2v) is 4.38. The molecule has 1 unspecified atom stereocenters. The molecule has 0 aromatic heterocycles. The normalized spacial score (nSPS) is 12.5. The standard InChI is InChI=1S/C13H17ClFN/c1-3-9(2)7-10(16)8-11-12(14)5-4-6-13(11)15/h4-6,10H,2-3,7-8,16H2,1H3. The summed E-state index contributed by atoms with van der Waals surface area (Å²) in [5, 5.41) is 0.442. The summed E-state index contributed by atoms with van der Waals surface area (Å²) in [6, 6.07) is 4.56. The molecule has 0 fully saturated rings. The van der Waals surface area contributed by atoms with Gasteiger partial charge in [0.1, 0.15) is 5.82 Å². The van der Waals surface area contributed by atoms with E-state index in [1.807, 2.05) is 6.92 Å². The quantitative estimate of drug-likeness (QED) is 0.782. The Labute approximate surface area is 101 Å². The molecular formula is C13H17ClFN. The van der Waals surface area contributed by atoms with Gasteiger partial charge in [-0.05, 0) is 31.4 Å². The number of benzene rings is 1. The Balaban J connectivity index is 2.69. The van der Waals surface area contributed by atoms with Crippen LogP contribution in [0.2, 0.25) is 5.02 Å². The van der Waals surface area contributed by atoms with E-state index in [9.17, 15) is 4.39 Å². The van der Waals surface area contributed by atoms with Crippen molar-refractivity contribution in [3.63, 3.8) is 0 Å². The molecule has 1 rings (SSSR count). The van der Waals surface area contributed by atoms with Crippen LogP contribution in [0.1, 0.15) is 25.3 Å². The first kappa shape index (κ1) is 13.2. The van der Waals surface area contributed by atoms with E-state index in [2.05, 4.69) is 6.58 Å². The first-order valence-corrected chi connectivity index (χ1v) is 5.77. The van der Waals surface area contributed by atoms with E-state index < -0.39 is 0 Å². The molecule has 0 spiro atoms. The number of hydrogen-bond donors (Lipinski definition) is 1. The summed E-state index contributed by atoms with van der Waals surface area (Å²) in [6.07, 6.45) is 2.06. The number of hydrogen-bond acceptors (Lipinski definition) is 1. The van der Waals surface area contributed by atoms with Crippen molar-refractivity contribution in [2.75, 3.05) is 0 Å². The lowest BCUT2D eigenvalue weighted by Crippen LogP contribution is -2.24. The molecule has 0 aliphatic rings. The molecule has 1 aromatic carbocycles. The summed E-state index contributed by atoms with van der Waals surface area (Å²) in [6.45, 7) is 5.93. The summed E-state index contributed by atoms with van der Waals surface area (Å²) < 4.78 is 13.5. The lowest BCUT2D eigenvalue weighted by Gasteiger charge is -2.14. The van der Waals surface area contributed by atoms with Gasteiger partial charge in [0.05, 0.1) is 0 Å². The van der Waals surface area contributed by atoms with Crippen LogP contribution in [0.3, 0.4) is 0 Å². The Hall–Kier alpha value is -0.860. The van der Waals surface area contributed by atoms with Crippen LogP contribution < -0.4 is 5.73 Å². The molecule has 3 heteroatoms. The molecule has 16 heavy (non-hydrogen) atoms. The summed E-state index contributed by atoms with van der Waals surface area (Å²) in [7, 11) is 0. The van der Waals surface area contributed by atoms with Crippen LogP contribution in [0.15, 0.2) is 30.4 Å². The van der Waals surface area contributed by atoms with Crippen LogP contribution in [-0.2, 0) is 6.42 Å². The smallest absolute Gasteiger partial charge is 0.127 e. The maximum atomic E-state index is 13.5. The van der Waals surface area contributed by atoms with Crippen molar-refractivity contribution in [3.05, 3.63) is 46.8 Å². The van der Waals surface area contributed by atoms with Crippen molar-refractivity contribution in [1.29, 1.82) is 0 Å². The average Bonchev–Trinajstić information content (AvgIpc) is 2.23. The maximum absolute atomic E-state index is 13.5. The van der Waals surface area contributed by atoms with Crippen molar-refractivity contribution in [1.82, 2.24) is 0 Å². The molecule has 0 amide bonds. The largest absolute Gasteiger partial charge is 0.327 e. The average molecular weight is 242 g/mol. The molecule has 0 radical (unpaired) electrons. The van der Waals surface area contributed by atoms with E-state index in [0.29, 0.717) is 23.4 Å². The van der Waals surface area contributed by atoms with Gasteiger partial charge < -0.3 is 5.73 Å². The first-order valence-electron chi connectivity index (χ1n) is 5.39. The molecule has 2 N–H and O–H groups in total. The van der Waals surface area contributed by atoms with Gasteiger partial charge in [-0.3, -0.25) is 0 Å². The van der Waals surface area contributed by atoms with Gasteiger partial charge in [-0.25, -0.2) is 4.39 Å². The van der Waals surface area contributed by atoms with Gasteiger partial charge in [-0.2, -0.15) is 0 Å². The maximum Gasteiger partial charge on any atom is 0.127 e. The zero-order valence-corrected chi connectivity index (χ0v) is 10.2. The van der Waals surface area contributed by atoms with E-state index in [4.69, 9.17) is 17.3 Å². The molecule has 88 valence electrons. The predicted octanol–water partition coefficient (Wildman–Crippen LogP) is 3.71. The highest BCUT2D eigenvalue weighted by molar-refractivity contribution is 6.31. The highest BCUT2D eigenvalue weighted by atomic mass is 35.5. The highest BCUT2D eigenvalue weighted by Crippen LogP contribution is 2.21.